The maximum atomic E-state index is 9.10. The van der Waals surface area contributed by atoms with Gasteiger partial charge in [-0.05, 0) is 38.3 Å². The number of hydrogen-bond acceptors (Lipinski definition) is 5. The van der Waals surface area contributed by atoms with E-state index in [1.807, 2.05) is 12.1 Å². The Kier molecular flexibility index (Phi) is 13.5. The molecule has 3 N–H and O–H groups in total. The molecule has 0 amide bonds. The van der Waals surface area contributed by atoms with E-state index in [0.29, 0.717) is 19.3 Å². The molecule has 1 rings (SSSR count). The molecule has 0 saturated carbocycles. The van der Waals surface area contributed by atoms with Gasteiger partial charge >= 0.3 is 11.9 Å². The van der Waals surface area contributed by atoms with Gasteiger partial charge in [-0.1, -0.05) is 30.7 Å². The van der Waals surface area contributed by atoms with Gasteiger partial charge < -0.3 is 25.0 Å². The normalized spacial score (nSPS) is 11.1. The number of carboxylic acid groups (broad SMARTS) is 2. The highest BCUT2D eigenvalue weighted by Crippen LogP contribution is 2.20. The van der Waals surface area contributed by atoms with Gasteiger partial charge in [0.15, 0.2) is 0 Å². The minimum atomic E-state index is -1.82. The van der Waals surface area contributed by atoms with Crippen LogP contribution in [0.25, 0.3) is 0 Å². The van der Waals surface area contributed by atoms with Gasteiger partial charge in [0.1, 0.15) is 12.4 Å². The Morgan fingerprint density at radius 3 is 2.44 bits per heavy atom. The number of nitrogens with one attached hydrogen (secondary N) is 1. The standard InChI is InChI=1S/C18H29NO2.C2H2O4/c1-5-7-17-14-15(3)8-9-18(17)21-13-12-20-11-10-19-16(4)6-2;3-1(4)2(5)6/h5,8-9,14,16,19H,1,6-7,10-13H2,2-4H3;(H,3,4)(H,5,6). The van der Waals surface area contributed by atoms with Crippen molar-refractivity contribution in [3.05, 3.63) is 42.0 Å². The van der Waals surface area contributed by atoms with E-state index in [0.717, 1.165) is 31.7 Å². The van der Waals surface area contributed by atoms with Crippen molar-refractivity contribution in [2.45, 2.75) is 39.7 Å². The first-order valence-corrected chi connectivity index (χ1v) is 8.92. The van der Waals surface area contributed by atoms with Crippen LogP contribution in [-0.2, 0) is 20.7 Å². The first kappa shape index (κ1) is 24.6. The smallest absolute Gasteiger partial charge is 0.414 e. The Bertz CT molecular complexity index is 576. The third-order valence-electron chi connectivity index (χ3n) is 3.60. The summed E-state index contributed by atoms with van der Waals surface area (Å²) in [6.07, 6.45) is 3.87. The molecule has 0 spiro atoms. The van der Waals surface area contributed by atoms with E-state index in [1.54, 1.807) is 0 Å². The summed E-state index contributed by atoms with van der Waals surface area (Å²) in [5, 5.41) is 18.2. The molecule has 7 heteroatoms. The third-order valence-corrected chi connectivity index (χ3v) is 3.60. The predicted octanol–water partition coefficient (Wildman–Crippen LogP) is 2.66. The Morgan fingerprint density at radius 1 is 1.22 bits per heavy atom. The first-order valence-electron chi connectivity index (χ1n) is 8.92. The van der Waals surface area contributed by atoms with Crippen LogP contribution < -0.4 is 10.1 Å². The van der Waals surface area contributed by atoms with E-state index < -0.39 is 11.9 Å². The second kappa shape index (κ2) is 14.8. The monoisotopic (exact) mass is 381 g/mol. The molecule has 0 aliphatic heterocycles. The maximum Gasteiger partial charge on any atom is 0.414 e. The molecule has 27 heavy (non-hydrogen) atoms. The Morgan fingerprint density at radius 2 is 1.89 bits per heavy atom. The van der Waals surface area contributed by atoms with E-state index in [9.17, 15) is 0 Å². The molecule has 1 aromatic rings. The van der Waals surface area contributed by atoms with Crippen molar-refractivity contribution in [1.82, 2.24) is 5.32 Å². The second-order valence-electron chi connectivity index (χ2n) is 5.94. The minimum Gasteiger partial charge on any atom is -0.491 e. The van der Waals surface area contributed by atoms with Gasteiger partial charge in [0, 0.05) is 12.6 Å². The number of carbonyl (C=O) groups is 2. The lowest BCUT2D eigenvalue weighted by atomic mass is 10.1. The van der Waals surface area contributed by atoms with E-state index in [1.165, 1.54) is 11.1 Å². The summed E-state index contributed by atoms with van der Waals surface area (Å²) in [5.41, 5.74) is 2.43. The molecule has 152 valence electrons. The molecule has 0 aliphatic carbocycles. The topological polar surface area (TPSA) is 105 Å². The molecule has 1 aromatic carbocycles. The number of benzene rings is 1. The van der Waals surface area contributed by atoms with Gasteiger partial charge in [-0.25, -0.2) is 9.59 Å². The van der Waals surface area contributed by atoms with Gasteiger partial charge in [0.25, 0.3) is 0 Å². The van der Waals surface area contributed by atoms with Crippen LogP contribution in [0.2, 0.25) is 0 Å². The number of aliphatic carboxylic acids is 2. The first-order chi connectivity index (χ1) is 12.8. The highest BCUT2D eigenvalue weighted by Gasteiger charge is 2.04. The summed E-state index contributed by atoms with van der Waals surface area (Å²) in [4.78, 5) is 18.2. The predicted molar refractivity (Wildman–Crippen MR) is 104 cm³/mol. The maximum absolute atomic E-state index is 9.10. The van der Waals surface area contributed by atoms with Crippen molar-refractivity contribution in [2.75, 3.05) is 26.4 Å². The molecular formula is C20H31NO6. The number of carboxylic acids is 2. The van der Waals surface area contributed by atoms with Crippen LogP contribution in [0.1, 0.15) is 31.4 Å². The van der Waals surface area contributed by atoms with Crippen LogP contribution in [0.5, 0.6) is 5.75 Å². The number of ether oxygens (including phenoxy) is 2. The lowest BCUT2D eigenvalue weighted by Gasteiger charge is -2.13. The fourth-order valence-electron chi connectivity index (χ4n) is 2.00. The minimum absolute atomic E-state index is 0.555. The average Bonchev–Trinajstić information content (AvgIpc) is 2.62. The van der Waals surface area contributed by atoms with Gasteiger partial charge in [-0.3, -0.25) is 0 Å². The molecule has 7 nitrogen and oxygen atoms in total. The van der Waals surface area contributed by atoms with Crippen molar-refractivity contribution in [2.24, 2.45) is 0 Å². The molecule has 0 bridgehead atoms. The molecule has 0 radical (unpaired) electrons. The van der Waals surface area contributed by atoms with Crippen molar-refractivity contribution < 1.29 is 29.3 Å². The van der Waals surface area contributed by atoms with Crippen LogP contribution in [0, 0.1) is 6.92 Å². The van der Waals surface area contributed by atoms with E-state index in [4.69, 9.17) is 29.3 Å². The summed E-state index contributed by atoms with van der Waals surface area (Å²) in [6.45, 7) is 13.0. The van der Waals surface area contributed by atoms with Gasteiger partial charge in [-0.2, -0.15) is 0 Å². The Balaban J connectivity index is 0.000000972. The van der Waals surface area contributed by atoms with Crippen molar-refractivity contribution >= 4 is 11.9 Å². The largest absolute Gasteiger partial charge is 0.491 e. The molecular weight excluding hydrogens is 350 g/mol. The number of rotatable bonds is 11. The zero-order valence-corrected chi connectivity index (χ0v) is 16.4. The van der Waals surface area contributed by atoms with Crippen LogP contribution in [-0.4, -0.2) is 54.6 Å². The highest BCUT2D eigenvalue weighted by atomic mass is 16.5. The average molecular weight is 381 g/mol. The number of allylic oxidation sites excluding steroid dienone is 1. The lowest BCUT2D eigenvalue weighted by Crippen LogP contribution is -2.29. The fraction of sp³-hybridized carbons (Fsp3) is 0.500. The zero-order valence-electron chi connectivity index (χ0n) is 16.4. The highest BCUT2D eigenvalue weighted by molar-refractivity contribution is 6.27. The molecule has 0 saturated heterocycles. The SMILES string of the molecule is C=CCc1cc(C)ccc1OCCOCCNC(C)CC.O=C(O)C(=O)O. The Hall–Kier alpha value is -2.38. The molecule has 0 fully saturated rings. The van der Waals surface area contributed by atoms with Gasteiger partial charge in [-0.15, -0.1) is 6.58 Å². The number of hydrogen-bond donors (Lipinski definition) is 3. The molecule has 1 atom stereocenters. The summed E-state index contributed by atoms with van der Waals surface area (Å²) >= 11 is 0. The van der Waals surface area contributed by atoms with E-state index in [-0.39, 0.29) is 0 Å². The summed E-state index contributed by atoms with van der Waals surface area (Å²) in [5.74, 6) is -2.72. The fourth-order valence-corrected chi connectivity index (χ4v) is 2.00. The Labute approximate surface area is 161 Å². The molecule has 1 unspecified atom stereocenters. The van der Waals surface area contributed by atoms with Gasteiger partial charge in [0.05, 0.1) is 13.2 Å². The van der Waals surface area contributed by atoms with Crippen molar-refractivity contribution in [3.8, 4) is 5.75 Å². The quantitative estimate of drug-likeness (QED) is 0.307. The third kappa shape index (κ3) is 12.6. The molecule has 0 aliphatic rings. The summed E-state index contributed by atoms with van der Waals surface area (Å²) in [6, 6.07) is 6.80. The summed E-state index contributed by atoms with van der Waals surface area (Å²) < 4.78 is 11.4. The molecule has 0 aromatic heterocycles. The zero-order chi connectivity index (χ0) is 20.7. The summed E-state index contributed by atoms with van der Waals surface area (Å²) in [7, 11) is 0. The van der Waals surface area contributed by atoms with Crippen molar-refractivity contribution in [1.29, 1.82) is 0 Å². The van der Waals surface area contributed by atoms with Crippen LogP contribution >= 0.6 is 0 Å². The number of aryl methyl sites for hydroxylation is 1. The van der Waals surface area contributed by atoms with Crippen LogP contribution in [0.3, 0.4) is 0 Å². The van der Waals surface area contributed by atoms with E-state index >= 15 is 0 Å². The van der Waals surface area contributed by atoms with Crippen molar-refractivity contribution in [3.63, 3.8) is 0 Å². The van der Waals surface area contributed by atoms with Gasteiger partial charge in [0.2, 0.25) is 0 Å². The second-order valence-corrected chi connectivity index (χ2v) is 5.94. The van der Waals surface area contributed by atoms with Crippen LogP contribution in [0.15, 0.2) is 30.9 Å². The van der Waals surface area contributed by atoms with Crippen LogP contribution in [0.4, 0.5) is 0 Å². The lowest BCUT2D eigenvalue weighted by molar-refractivity contribution is -0.159. The molecule has 0 heterocycles. The van der Waals surface area contributed by atoms with E-state index in [2.05, 4.69) is 44.8 Å².